The third-order valence-corrected chi connectivity index (χ3v) is 5.34. The van der Waals surface area contributed by atoms with Crippen LogP contribution in [-0.2, 0) is 4.74 Å². The predicted octanol–water partition coefficient (Wildman–Crippen LogP) is 3.61. The Bertz CT molecular complexity index is 1030. The van der Waals surface area contributed by atoms with Gasteiger partial charge in [0.15, 0.2) is 0 Å². The van der Waals surface area contributed by atoms with Crippen molar-refractivity contribution in [2.24, 2.45) is 0 Å². The molecule has 4 rings (SSSR count). The summed E-state index contributed by atoms with van der Waals surface area (Å²) in [5.74, 6) is -1.27. The van der Waals surface area contributed by atoms with Crippen LogP contribution in [0.25, 0.3) is 22.4 Å². The molecule has 3 aromatic rings. The fourth-order valence-electron chi connectivity index (χ4n) is 3.41. The fourth-order valence-corrected chi connectivity index (χ4v) is 3.57. The molecule has 9 heteroatoms. The number of rotatable bonds is 6. The van der Waals surface area contributed by atoms with Crippen LogP contribution in [0.5, 0.6) is 0 Å². The van der Waals surface area contributed by atoms with Gasteiger partial charge >= 0.3 is 0 Å². The molecule has 0 atom stereocenters. The number of fused-ring (bicyclic) bond motifs is 1. The normalized spacial score (nSPS) is 14.9. The Hall–Kier alpha value is -2.55. The molecule has 1 fully saturated rings. The van der Waals surface area contributed by atoms with E-state index in [2.05, 4.69) is 20.2 Å². The number of hydrogen-bond donors (Lipinski definition) is 2. The fraction of sp³-hybridized carbons (Fsp3) is 0.333. The Balaban J connectivity index is 1.39. The summed E-state index contributed by atoms with van der Waals surface area (Å²) >= 11 is 5.77. The third-order valence-electron chi connectivity index (χ3n) is 5.05. The first kappa shape index (κ1) is 20.7. The Morgan fingerprint density at radius 3 is 2.77 bits per heavy atom. The molecule has 2 heterocycles. The summed E-state index contributed by atoms with van der Waals surface area (Å²) in [5.41, 5.74) is 1.26. The number of nitrogens with zero attached hydrogens (tertiary/aromatic N) is 2. The van der Waals surface area contributed by atoms with E-state index >= 15 is 0 Å². The Morgan fingerprint density at radius 1 is 1.20 bits per heavy atom. The van der Waals surface area contributed by atoms with Crippen molar-refractivity contribution in [3.05, 3.63) is 52.6 Å². The molecule has 2 aromatic carbocycles. The summed E-state index contributed by atoms with van der Waals surface area (Å²) in [6, 6.07) is 6.78. The van der Waals surface area contributed by atoms with Crippen molar-refractivity contribution < 1.29 is 18.3 Å². The first-order chi connectivity index (χ1) is 14.5. The molecule has 1 saturated heterocycles. The van der Waals surface area contributed by atoms with E-state index in [1.807, 2.05) is 0 Å². The lowest BCUT2D eigenvalue weighted by molar-refractivity contribution is 0.0374. The molecule has 0 saturated carbocycles. The van der Waals surface area contributed by atoms with Gasteiger partial charge in [0.05, 0.1) is 34.8 Å². The molecular formula is C21H21ClF2N4O2. The van der Waals surface area contributed by atoms with Crippen molar-refractivity contribution in [1.82, 2.24) is 20.2 Å². The largest absolute Gasteiger partial charge is 0.379 e. The highest BCUT2D eigenvalue weighted by Gasteiger charge is 2.15. The first-order valence-corrected chi connectivity index (χ1v) is 10.1. The van der Waals surface area contributed by atoms with Crippen LogP contribution < -0.4 is 5.32 Å². The van der Waals surface area contributed by atoms with E-state index in [4.69, 9.17) is 16.3 Å². The summed E-state index contributed by atoms with van der Waals surface area (Å²) in [5, 5.41) is 2.76. The van der Waals surface area contributed by atoms with Crippen molar-refractivity contribution in [2.45, 2.75) is 6.42 Å². The number of benzene rings is 2. The minimum Gasteiger partial charge on any atom is -0.379 e. The zero-order chi connectivity index (χ0) is 21.1. The SMILES string of the molecule is O=C(NCCCN1CCOCC1)c1ccc(-c2nc3cc(Cl)c(F)cc3[nH]2)c(F)c1. The number of morpholine rings is 1. The van der Waals surface area contributed by atoms with Crippen LogP contribution in [0.2, 0.25) is 5.02 Å². The summed E-state index contributed by atoms with van der Waals surface area (Å²) < 4.78 is 33.6. The van der Waals surface area contributed by atoms with E-state index in [-0.39, 0.29) is 27.9 Å². The van der Waals surface area contributed by atoms with Gasteiger partial charge in [0.25, 0.3) is 5.91 Å². The number of aromatic nitrogens is 2. The number of carbonyl (C=O) groups is 1. The minimum atomic E-state index is -0.596. The van der Waals surface area contributed by atoms with E-state index in [1.165, 1.54) is 30.3 Å². The molecule has 6 nitrogen and oxygen atoms in total. The van der Waals surface area contributed by atoms with Crippen molar-refractivity contribution in [3.63, 3.8) is 0 Å². The lowest BCUT2D eigenvalue weighted by Crippen LogP contribution is -2.38. The van der Waals surface area contributed by atoms with Crippen LogP contribution >= 0.6 is 11.6 Å². The van der Waals surface area contributed by atoms with Crippen LogP contribution in [-0.4, -0.2) is 60.2 Å². The van der Waals surface area contributed by atoms with Crippen LogP contribution in [0.1, 0.15) is 16.8 Å². The van der Waals surface area contributed by atoms with Crippen molar-refractivity contribution in [1.29, 1.82) is 0 Å². The highest BCUT2D eigenvalue weighted by atomic mass is 35.5. The molecule has 0 bridgehead atoms. The molecule has 0 spiro atoms. The summed E-state index contributed by atoms with van der Waals surface area (Å²) in [7, 11) is 0. The highest BCUT2D eigenvalue weighted by molar-refractivity contribution is 6.31. The molecule has 1 aliphatic heterocycles. The molecular weight excluding hydrogens is 414 g/mol. The lowest BCUT2D eigenvalue weighted by atomic mass is 10.1. The molecule has 0 unspecified atom stereocenters. The van der Waals surface area contributed by atoms with E-state index in [9.17, 15) is 13.6 Å². The zero-order valence-corrected chi connectivity index (χ0v) is 16.9. The van der Waals surface area contributed by atoms with Crippen LogP contribution in [0.15, 0.2) is 30.3 Å². The van der Waals surface area contributed by atoms with Crippen LogP contribution in [0, 0.1) is 11.6 Å². The van der Waals surface area contributed by atoms with Crippen molar-refractivity contribution in [2.75, 3.05) is 39.4 Å². The molecule has 0 aliphatic carbocycles. The molecule has 1 amide bonds. The number of ether oxygens (including phenoxy) is 1. The van der Waals surface area contributed by atoms with E-state index in [0.717, 1.165) is 39.3 Å². The van der Waals surface area contributed by atoms with Gasteiger partial charge in [-0.3, -0.25) is 9.69 Å². The van der Waals surface area contributed by atoms with E-state index < -0.39 is 11.6 Å². The molecule has 2 N–H and O–H groups in total. The van der Waals surface area contributed by atoms with Gasteiger partial charge in [-0.1, -0.05) is 11.6 Å². The van der Waals surface area contributed by atoms with Gasteiger partial charge in [0, 0.05) is 31.3 Å². The number of aromatic amines is 1. The van der Waals surface area contributed by atoms with Gasteiger partial charge in [-0.15, -0.1) is 0 Å². The Morgan fingerprint density at radius 2 is 2.00 bits per heavy atom. The maximum atomic E-state index is 14.7. The third kappa shape index (κ3) is 4.61. The van der Waals surface area contributed by atoms with Crippen molar-refractivity contribution in [3.8, 4) is 11.4 Å². The summed E-state index contributed by atoms with van der Waals surface area (Å²) in [6.07, 6.45) is 0.810. The molecule has 1 aromatic heterocycles. The minimum absolute atomic E-state index is 0.0540. The lowest BCUT2D eigenvalue weighted by Gasteiger charge is -2.26. The number of hydrogen-bond acceptors (Lipinski definition) is 4. The molecule has 158 valence electrons. The smallest absolute Gasteiger partial charge is 0.251 e. The van der Waals surface area contributed by atoms with Gasteiger partial charge in [0.2, 0.25) is 0 Å². The average molecular weight is 435 g/mol. The van der Waals surface area contributed by atoms with E-state index in [1.54, 1.807) is 0 Å². The molecule has 0 radical (unpaired) electrons. The van der Waals surface area contributed by atoms with Gasteiger partial charge in [-0.05, 0) is 37.2 Å². The van der Waals surface area contributed by atoms with Crippen LogP contribution in [0.3, 0.4) is 0 Å². The number of H-pyrrole nitrogens is 1. The first-order valence-electron chi connectivity index (χ1n) is 9.74. The number of carbonyl (C=O) groups excluding carboxylic acids is 1. The maximum Gasteiger partial charge on any atom is 0.251 e. The van der Waals surface area contributed by atoms with Gasteiger partial charge < -0.3 is 15.0 Å². The monoisotopic (exact) mass is 434 g/mol. The summed E-state index contributed by atoms with van der Waals surface area (Å²) in [6.45, 7) is 4.68. The topological polar surface area (TPSA) is 70.2 Å². The van der Waals surface area contributed by atoms with Crippen molar-refractivity contribution >= 4 is 28.5 Å². The highest BCUT2D eigenvalue weighted by Crippen LogP contribution is 2.27. The standard InChI is InChI=1S/C21H21ClF2N4O2/c22-15-11-18-19(12-17(15)24)27-20(26-18)14-3-2-13(10-16(14)23)21(29)25-4-1-5-28-6-8-30-9-7-28/h2-3,10-12H,1,4-9H2,(H,25,29)(H,26,27). The number of nitrogens with one attached hydrogen (secondary N) is 2. The van der Waals surface area contributed by atoms with Gasteiger partial charge in [0.1, 0.15) is 17.5 Å². The predicted molar refractivity (Wildman–Crippen MR) is 111 cm³/mol. The van der Waals surface area contributed by atoms with Crippen LogP contribution in [0.4, 0.5) is 8.78 Å². The Labute approximate surface area is 177 Å². The number of imidazole rings is 1. The number of halogens is 3. The van der Waals surface area contributed by atoms with Gasteiger partial charge in [-0.25, -0.2) is 13.8 Å². The average Bonchev–Trinajstić information content (AvgIpc) is 3.14. The second kappa shape index (κ2) is 9.07. The quantitative estimate of drug-likeness (QED) is 0.581. The maximum absolute atomic E-state index is 14.7. The molecule has 1 aliphatic rings. The second-order valence-corrected chi connectivity index (χ2v) is 7.53. The zero-order valence-electron chi connectivity index (χ0n) is 16.2. The summed E-state index contributed by atoms with van der Waals surface area (Å²) in [4.78, 5) is 21.8. The van der Waals surface area contributed by atoms with E-state index in [0.29, 0.717) is 17.6 Å². The molecule has 30 heavy (non-hydrogen) atoms. The van der Waals surface area contributed by atoms with Gasteiger partial charge in [-0.2, -0.15) is 0 Å². The second-order valence-electron chi connectivity index (χ2n) is 7.13. The Kier molecular flexibility index (Phi) is 6.26. The number of amides is 1.